The molecule has 0 radical (unpaired) electrons. The van der Waals surface area contributed by atoms with Crippen LogP contribution >= 0.6 is 0 Å². The zero-order valence-corrected chi connectivity index (χ0v) is 9.49. The van der Waals surface area contributed by atoms with E-state index in [4.69, 9.17) is 0 Å². The summed E-state index contributed by atoms with van der Waals surface area (Å²) in [5.74, 6) is 1.07. The standard InChI is InChI=1S/C14H18O/c1-14(2,12-6-4-3-5-7-12)13(15)10-11-8-9-11/h3-7,11H,8-10H2,1-2H3. The average Bonchev–Trinajstić information content (AvgIpc) is 3.03. The molecule has 0 atom stereocenters. The maximum Gasteiger partial charge on any atom is 0.143 e. The molecule has 0 aliphatic heterocycles. The summed E-state index contributed by atoms with van der Waals surface area (Å²) in [5, 5.41) is 0. The van der Waals surface area contributed by atoms with Gasteiger partial charge in [-0.25, -0.2) is 0 Å². The number of hydrogen-bond donors (Lipinski definition) is 0. The molecule has 0 N–H and O–H groups in total. The Morgan fingerprint density at radius 3 is 2.40 bits per heavy atom. The molecule has 0 heterocycles. The van der Waals surface area contributed by atoms with E-state index in [1.807, 2.05) is 44.2 Å². The van der Waals surface area contributed by atoms with Crippen molar-refractivity contribution in [2.75, 3.05) is 0 Å². The Hall–Kier alpha value is -1.11. The number of Topliss-reactive ketones (excluding diaryl/α,β-unsaturated/α-hetero) is 1. The lowest BCUT2D eigenvalue weighted by Gasteiger charge is -2.23. The van der Waals surface area contributed by atoms with Gasteiger partial charge >= 0.3 is 0 Å². The van der Waals surface area contributed by atoms with Gasteiger partial charge in [0.2, 0.25) is 0 Å². The maximum atomic E-state index is 12.1. The molecule has 1 heteroatoms. The number of hydrogen-bond acceptors (Lipinski definition) is 1. The maximum absolute atomic E-state index is 12.1. The number of carbonyl (C=O) groups is 1. The molecule has 0 unspecified atom stereocenters. The zero-order chi connectivity index (χ0) is 10.9. The third-order valence-electron chi connectivity index (χ3n) is 3.36. The summed E-state index contributed by atoms with van der Waals surface area (Å²) in [4.78, 5) is 12.1. The third kappa shape index (κ3) is 2.28. The molecular weight excluding hydrogens is 184 g/mol. The average molecular weight is 202 g/mol. The van der Waals surface area contributed by atoms with Crippen LogP contribution in [0.15, 0.2) is 30.3 Å². The highest BCUT2D eigenvalue weighted by Gasteiger charge is 2.34. The van der Waals surface area contributed by atoms with Crippen molar-refractivity contribution in [1.82, 2.24) is 0 Å². The van der Waals surface area contributed by atoms with Gasteiger partial charge in [0.25, 0.3) is 0 Å². The van der Waals surface area contributed by atoms with E-state index in [2.05, 4.69) is 0 Å². The van der Waals surface area contributed by atoms with Crippen molar-refractivity contribution in [3.05, 3.63) is 35.9 Å². The lowest BCUT2D eigenvalue weighted by Crippen LogP contribution is -2.29. The summed E-state index contributed by atoms with van der Waals surface area (Å²) >= 11 is 0. The SMILES string of the molecule is CC(C)(C(=O)CC1CC1)c1ccccc1. The second-order valence-corrected chi connectivity index (χ2v) is 5.06. The van der Waals surface area contributed by atoms with Gasteiger partial charge in [0.1, 0.15) is 5.78 Å². The van der Waals surface area contributed by atoms with Gasteiger partial charge in [0.15, 0.2) is 0 Å². The van der Waals surface area contributed by atoms with Crippen LogP contribution in [-0.2, 0) is 10.2 Å². The van der Waals surface area contributed by atoms with Gasteiger partial charge < -0.3 is 0 Å². The number of rotatable bonds is 4. The quantitative estimate of drug-likeness (QED) is 0.732. The zero-order valence-electron chi connectivity index (χ0n) is 9.49. The van der Waals surface area contributed by atoms with Gasteiger partial charge in [-0.2, -0.15) is 0 Å². The Morgan fingerprint density at radius 2 is 1.87 bits per heavy atom. The van der Waals surface area contributed by atoms with Crippen molar-refractivity contribution in [2.45, 2.75) is 38.5 Å². The van der Waals surface area contributed by atoms with Crippen LogP contribution in [0, 0.1) is 5.92 Å². The molecule has 1 aliphatic rings. The Bertz CT molecular complexity index is 347. The van der Waals surface area contributed by atoms with Crippen LogP contribution in [0.4, 0.5) is 0 Å². The van der Waals surface area contributed by atoms with E-state index in [1.165, 1.54) is 12.8 Å². The van der Waals surface area contributed by atoms with Gasteiger partial charge in [-0.1, -0.05) is 30.3 Å². The fourth-order valence-electron chi connectivity index (χ4n) is 1.86. The topological polar surface area (TPSA) is 17.1 Å². The van der Waals surface area contributed by atoms with Gasteiger partial charge in [0.05, 0.1) is 0 Å². The largest absolute Gasteiger partial charge is 0.299 e. The molecule has 0 bridgehead atoms. The summed E-state index contributed by atoms with van der Waals surface area (Å²) in [6.45, 7) is 4.07. The minimum atomic E-state index is -0.316. The highest BCUT2D eigenvalue weighted by atomic mass is 16.1. The second-order valence-electron chi connectivity index (χ2n) is 5.06. The van der Waals surface area contributed by atoms with E-state index in [9.17, 15) is 4.79 Å². The molecule has 15 heavy (non-hydrogen) atoms. The van der Waals surface area contributed by atoms with E-state index in [0.29, 0.717) is 11.7 Å². The van der Waals surface area contributed by atoms with Gasteiger partial charge in [-0.3, -0.25) is 4.79 Å². The molecule has 1 aromatic rings. The predicted octanol–water partition coefficient (Wildman–Crippen LogP) is 3.33. The van der Waals surface area contributed by atoms with Crippen molar-refractivity contribution in [1.29, 1.82) is 0 Å². The lowest BCUT2D eigenvalue weighted by atomic mass is 9.79. The molecule has 0 aromatic heterocycles. The van der Waals surface area contributed by atoms with Gasteiger partial charge in [0, 0.05) is 11.8 Å². The van der Waals surface area contributed by atoms with Crippen molar-refractivity contribution < 1.29 is 4.79 Å². The Balaban J connectivity index is 2.14. The van der Waals surface area contributed by atoms with E-state index < -0.39 is 0 Å². The summed E-state index contributed by atoms with van der Waals surface area (Å²) in [6, 6.07) is 10.1. The second kappa shape index (κ2) is 3.80. The van der Waals surface area contributed by atoms with Crippen molar-refractivity contribution in [2.24, 2.45) is 5.92 Å². The summed E-state index contributed by atoms with van der Waals surface area (Å²) < 4.78 is 0. The smallest absolute Gasteiger partial charge is 0.143 e. The Labute approximate surface area is 91.5 Å². The van der Waals surface area contributed by atoms with Crippen LogP contribution in [0.2, 0.25) is 0 Å². The third-order valence-corrected chi connectivity index (χ3v) is 3.36. The molecule has 1 nitrogen and oxygen atoms in total. The van der Waals surface area contributed by atoms with E-state index in [-0.39, 0.29) is 5.41 Å². The first-order valence-corrected chi connectivity index (χ1v) is 5.69. The molecule has 2 rings (SSSR count). The molecule has 80 valence electrons. The molecule has 1 fully saturated rings. The number of carbonyl (C=O) groups excluding carboxylic acids is 1. The van der Waals surface area contributed by atoms with Crippen LogP contribution in [0.5, 0.6) is 0 Å². The monoisotopic (exact) mass is 202 g/mol. The van der Waals surface area contributed by atoms with Crippen molar-refractivity contribution >= 4 is 5.78 Å². The molecule has 0 spiro atoms. The normalized spacial score (nSPS) is 16.4. The predicted molar refractivity (Wildman–Crippen MR) is 61.8 cm³/mol. The molecule has 1 saturated carbocycles. The van der Waals surface area contributed by atoms with E-state index in [0.717, 1.165) is 12.0 Å². The molecule has 0 amide bonds. The number of benzene rings is 1. The fourth-order valence-corrected chi connectivity index (χ4v) is 1.86. The summed E-state index contributed by atoms with van der Waals surface area (Å²) in [5.41, 5.74) is 0.819. The van der Waals surface area contributed by atoms with E-state index in [1.54, 1.807) is 0 Å². The molecule has 1 aliphatic carbocycles. The van der Waals surface area contributed by atoms with Crippen molar-refractivity contribution in [3.63, 3.8) is 0 Å². The van der Waals surface area contributed by atoms with Crippen LogP contribution in [0.1, 0.15) is 38.7 Å². The number of ketones is 1. The van der Waals surface area contributed by atoms with Crippen LogP contribution < -0.4 is 0 Å². The summed E-state index contributed by atoms with van der Waals surface area (Å²) in [6.07, 6.45) is 3.26. The van der Waals surface area contributed by atoms with Gasteiger partial charge in [-0.15, -0.1) is 0 Å². The fraction of sp³-hybridized carbons (Fsp3) is 0.500. The van der Waals surface area contributed by atoms with Crippen LogP contribution in [0.25, 0.3) is 0 Å². The van der Waals surface area contributed by atoms with Crippen molar-refractivity contribution in [3.8, 4) is 0 Å². The molecule has 1 aromatic carbocycles. The minimum Gasteiger partial charge on any atom is -0.299 e. The summed E-state index contributed by atoms with van der Waals surface area (Å²) in [7, 11) is 0. The molecule has 0 saturated heterocycles. The van der Waals surface area contributed by atoms with Crippen LogP contribution in [-0.4, -0.2) is 5.78 Å². The van der Waals surface area contributed by atoms with E-state index >= 15 is 0 Å². The highest BCUT2D eigenvalue weighted by molar-refractivity contribution is 5.89. The highest BCUT2D eigenvalue weighted by Crippen LogP contribution is 2.36. The first kappa shape index (κ1) is 10.4. The minimum absolute atomic E-state index is 0.316. The first-order chi connectivity index (χ1) is 7.10. The Morgan fingerprint density at radius 1 is 1.27 bits per heavy atom. The lowest BCUT2D eigenvalue weighted by molar-refractivity contribution is -0.123. The Kier molecular flexibility index (Phi) is 2.64. The first-order valence-electron chi connectivity index (χ1n) is 5.69. The molecular formula is C14H18O. The van der Waals surface area contributed by atoms with Gasteiger partial charge in [-0.05, 0) is 38.2 Å². The van der Waals surface area contributed by atoms with Crippen LogP contribution in [0.3, 0.4) is 0 Å².